The van der Waals surface area contributed by atoms with Crippen LogP contribution in [0.4, 0.5) is 10.1 Å². The average Bonchev–Trinajstić information content (AvgIpc) is 2.31. The molecule has 1 aromatic rings. The summed E-state index contributed by atoms with van der Waals surface area (Å²) < 4.78 is 13.7. The van der Waals surface area contributed by atoms with Gasteiger partial charge in [-0.05, 0) is 31.5 Å². The van der Waals surface area contributed by atoms with Crippen LogP contribution in [0.2, 0.25) is 0 Å². The Hall–Kier alpha value is -1.56. The standard InChI is InChI=1S/C13H17FN2/c1-3-5-8-16(4-2)13-7-6-11(10-15)9-12(13)14/h6-7,9H,3-5,8H2,1-2H3. The third-order valence-corrected chi connectivity index (χ3v) is 2.58. The minimum Gasteiger partial charge on any atom is -0.369 e. The number of nitrogens with zero attached hydrogens (tertiary/aromatic N) is 2. The van der Waals surface area contributed by atoms with Gasteiger partial charge in [-0.1, -0.05) is 13.3 Å². The van der Waals surface area contributed by atoms with Crippen molar-refractivity contribution in [2.75, 3.05) is 18.0 Å². The lowest BCUT2D eigenvalue weighted by Gasteiger charge is -2.23. The molecule has 0 N–H and O–H groups in total. The van der Waals surface area contributed by atoms with Crippen LogP contribution >= 0.6 is 0 Å². The van der Waals surface area contributed by atoms with Crippen LogP contribution in [-0.2, 0) is 0 Å². The molecule has 0 saturated carbocycles. The second kappa shape index (κ2) is 6.12. The first-order valence-electron chi connectivity index (χ1n) is 5.67. The number of nitriles is 1. The van der Waals surface area contributed by atoms with E-state index in [1.54, 1.807) is 12.1 Å². The van der Waals surface area contributed by atoms with Crippen LogP contribution in [-0.4, -0.2) is 13.1 Å². The highest BCUT2D eigenvalue weighted by molar-refractivity contribution is 5.51. The third kappa shape index (κ3) is 2.96. The maximum atomic E-state index is 13.7. The smallest absolute Gasteiger partial charge is 0.147 e. The van der Waals surface area contributed by atoms with Gasteiger partial charge in [0, 0.05) is 13.1 Å². The highest BCUT2D eigenvalue weighted by Gasteiger charge is 2.09. The van der Waals surface area contributed by atoms with Gasteiger partial charge in [-0.3, -0.25) is 0 Å². The number of unbranched alkanes of at least 4 members (excludes halogenated alkanes) is 1. The van der Waals surface area contributed by atoms with E-state index in [1.807, 2.05) is 17.9 Å². The molecule has 0 aliphatic rings. The van der Waals surface area contributed by atoms with E-state index in [9.17, 15) is 4.39 Å². The van der Waals surface area contributed by atoms with Crippen molar-refractivity contribution in [3.05, 3.63) is 29.6 Å². The minimum absolute atomic E-state index is 0.308. The lowest BCUT2D eigenvalue weighted by atomic mass is 10.2. The SMILES string of the molecule is CCCCN(CC)c1ccc(C#N)cc1F. The number of rotatable bonds is 5. The predicted molar refractivity (Wildman–Crippen MR) is 63.9 cm³/mol. The molecular weight excluding hydrogens is 203 g/mol. The van der Waals surface area contributed by atoms with Gasteiger partial charge in [0.1, 0.15) is 5.82 Å². The van der Waals surface area contributed by atoms with Gasteiger partial charge in [0.2, 0.25) is 0 Å². The largest absolute Gasteiger partial charge is 0.369 e. The Labute approximate surface area is 96.3 Å². The summed E-state index contributed by atoms with van der Waals surface area (Å²) in [5.74, 6) is -0.308. The van der Waals surface area contributed by atoms with Crippen molar-refractivity contribution >= 4 is 5.69 Å². The molecule has 0 heterocycles. The Morgan fingerprint density at radius 3 is 2.62 bits per heavy atom. The van der Waals surface area contributed by atoms with Crippen molar-refractivity contribution in [3.63, 3.8) is 0 Å². The van der Waals surface area contributed by atoms with Gasteiger partial charge in [0.15, 0.2) is 0 Å². The van der Waals surface area contributed by atoms with Gasteiger partial charge in [-0.2, -0.15) is 5.26 Å². The van der Waals surface area contributed by atoms with E-state index >= 15 is 0 Å². The summed E-state index contributed by atoms with van der Waals surface area (Å²) in [4.78, 5) is 2.00. The lowest BCUT2D eigenvalue weighted by Crippen LogP contribution is -2.24. The van der Waals surface area contributed by atoms with Gasteiger partial charge in [-0.25, -0.2) is 4.39 Å². The van der Waals surface area contributed by atoms with Crippen LogP contribution in [0.25, 0.3) is 0 Å². The second-order valence-corrected chi connectivity index (χ2v) is 3.71. The lowest BCUT2D eigenvalue weighted by molar-refractivity contribution is 0.613. The number of anilines is 1. The highest BCUT2D eigenvalue weighted by Crippen LogP contribution is 2.20. The van der Waals surface area contributed by atoms with Crippen molar-refractivity contribution in [2.45, 2.75) is 26.7 Å². The molecule has 1 aromatic carbocycles. The highest BCUT2D eigenvalue weighted by atomic mass is 19.1. The van der Waals surface area contributed by atoms with Crippen LogP contribution in [0.5, 0.6) is 0 Å². The zero-order valence-electron chi connectivity index (χ0n) is 9.83. The molecule has 0 amide bonds. The van der Waals surface area contributed by atoms with Gasteiger partial charge in [-0.15, -0.1) is 0 Å². The Balaban J connectivity index is 2.89. The fourth-order valence-corrected chi connectivity index (χ4v) is 1.63. The second-order valence-electron chi connectivity index (χ2n) is 3.71. The summed E-state index contributed by atoms with van der Waals surface area (Å²) in [6.07, 6.45) is 2.14. The van der Waals surface area contributed by atoms with Crippen molar-refractivity contribution in [3.8, 4) is 6.07 Å². The van der Waals surface area contributed by atoms with E-state index in [2.05, 4.69) is 6.92 Å². The van der Waals surface area contributed by atoms with Gasteiger partial charge in [0.25, 0.3) is 0 Å². The molecular formula is C13H17FN2. The Morgan fingerprint density at radius 2 is 2.12 bits per heavy atom. The molecule has 0 aliphatic heterocycles. The Morgan fingerprint density at radius 1 is 1.38 bits per heavy atom. The van der Waals surface area contributed by atoms with Crippen LogP contribution in [0.15, 0.2) is 18.2 Å². The van der Waals surface area contributed by atoms with Gasteiger partial charge in [0.05, 0.1) is 17.3 Å². The normalized spacial score (nSPS) is 9.88. The fourth-order valence-electron chi connectivity index (χ4n) is 1.63. The molecule has 1 rings (SSSR count). The minimum atomic E-state index is -0.308. The Kier molecular flexibility index (Phi) is 4.78. The Bertz CT molecular complexity index is 382. The quantitative estimate of drug-likeness (QED) is 0.761. The topological polar surface area (TPSA) is 27.0 Å². The molecule has 0 fully saturated rings. The molecule has 16 heavy (non-hydrogen) atoms. The van der Waals surface area contributed by atoms with E-state index in [-0.39, 0.29) is 5.82 Å². The summed E-state index contributed by atoms with van der Waals surface area (Å²) in [5, 5.41) is 8.66. The summed E-state index contributed by atoms with van der Waals surface area (Å²) in [6, 6.07) is 6.58. The maximum Gasteiger partial charge on any atom is 0.147 e. The van der Waals surface area contributed by atoms with E-state index < -0.39 is 0 Å². The van der Waals surface area contributed by atoms with Crippen molar-refractivity contribution in [1.29, 1.82) is 5.26 Å². The summed E-state index contributed by atoms with van der Waals surface area (Å²) in [7, 11) is 0. The van der Waals surface area contributed by atoms with E-state index in [0.29, 0.717) is 11.3 Å². The average molecular weight is 220 g/mol. The first kappa shape index (κ1) is 12.5. The molecule has 0 aliphatic carbocycles. The van der Waals surface area contributed by atoms with Gasteiger partial charge < -0.3 is 4.90 Å². The number of hydrogen-bond acceptors (Lipinski definition) is 2. The van der Waals surface area contributed by atoms with Crippen LogP contribution in [0, 0.1) is 17.1 Å². The first-order chi connectivity index (χ1) is 7.72. The predicted octanol–water partition coefficient (Wildman–Crippen LogP) is 3.32. The molecule has 0 unspecified atom stereocenters. The molecule has 0 bridgehead atoms. The van der Waals surface area contributed by atoms with Crippen LogP contribution in [0.1, 0.15) is 32.3 Å². The van der Waals surface area contributed by atoms with Crippen molar-refractivity contribution in [2.24, 2.45) is 0 Å². The molecule has 0 aromatic heterocycles. The molecule has 2 nitrogen and oxygen atoms in total. The van der Waals surface area contributed by atoms with Crippen molar-refractivity contribution in [1.82, 2.24) is 0 Å². The van der Waals surface area contributed by atoms with Gasteiger partial charge >= 0.3 is 0 Å². The maximum absolute atomic E-state index is 13.7. The molecule has 86 valence electrons. The van der Waals surface area contributed by atoms with Crippen LogP contribution < -0.4 is 4.90 Å². The van der Waals surface area contributed by atoms with Crippen molar-refractivity contribution < 1.29 is 4.39 Å². The molecule has 0 atom stereocenters. The number of benzene rings is 1. The first-order valence-corrected chi connectivity index (χ1v) is 5.67. The molecule has 0 radical (unpaired) electrons. The van der Waals surface area contributed by atoms with Crippen LogP contribution in [0.3, 0.4) is 0 Å². The van der Waals surface area contributed by atoms with E-state index in [1.165, 1.54) is 6.07 Å². The number of halogens is 1. The van der Waals surface area contributed by atoms with E-state index in [0.717, 1.165) is 25.9 Å². The summed E-state index contributed by atoms with van der Waals surface area (Å²) in [6.45, 7) is 5.76. The number of hydrogen-bond donors (Lipinski definition) is 0. The summed E-state index contributed by atoms with van der Waals surface area (Å²) in [5.41, 5.74) is 0.961. The zero-order chi connectivity index (χ0) is 12.0. The zero-order valence-corrected chi connectivity index (χ0v) is 9.83. The third-order valence-electron chi connectivity index (χ3n) is 2.58. The molecule has 0 spiro atoms. The van der Waals surface area contributed by atoms with E-state index in [4.69, 9.17) is 5.26 Å². The summed E-state index contributed by atoms with van der Waals surface area (Å²) >= 11 is 0. The monoisotopic (exact) mass is 220 g/mol. The fraction of sp³-hybridized carbons (Fsp3) is 0.462. The molecule has 3 heteroatoms. The molecule has 0 saturated heterocycles.